The van der Waals surface area contributed by atoms with Crippen molar-refractivity contribution < 1.29 is 8.42 Å². The lowest BCUT2D eigenvalue weighted by Crippen LogP contribution is -2.48. The Kier molecular flexibility index (Phi) is 4.62. The van der Waals surface area contributed by atoms with E-state index in [2.05, 4.69) is 6.26 Å². The molecule has 2 bridgehead atoms. The Morgan fingerprint density at radius 1 is 1.14 bits per heavy atom. The zero-order chi connectivity index (χ0) is 14.9. The van der Waals surface area contributed by atoms with Gasteiger partial charge in [0.1, 0.15) is 0 Å². The Bertz CT molecular complexity index is 559. The molecule has 0 amide bonds. The highest BCUT2D eigenvalue weighted by atomic mass is 32.2. The molecular formula is C16H23NO2S2. The number of aryl methyl sites for hydroxylation is 1. The van der Waals surface area contributed by atoms with Gasteiger partial charge in [0.15, 0.2) is 0 Å². The Morgan fingerprint density at radius 2 is 1.76 bits per heavy atom. The molecule has 2 fully saturated rings. The molecule has 2 atom stereocenters. The third-order valence-corrected chi connectivity index (χ3v) is 7.78. The second-order valence-corrected chi connectivity index (χ2v) is 9.23. The van der Waals surface area contributed by atoms with E-state index in [0.717, 1.165) is 31.2 Å². The van der Waals surface area contributed by atoms with Crippen molar-refractivity contribution >= 4 is 21.8 Å². The summed E-state index contributed by atoms with van der Waals surface area (Å²) in [5.74, 6) is 0.244. The van der Waals surface area contributed by atoms with E-state index in [1.54, 1.807) is 0 Å². The molecule has 2 aliphatic heterocycles. The molecule has 0 aromatic heterocycles. The van der Waals surface area contributed by atoms with E-state index in [1.807, 2.05) is 46.4 Å². The maximum Gasteiger partial charge on any atom is 0.214 e. The molecule has 2 aliphatic rings. The maximum absolute atomic E-state index is 12.7. The maximum atomic E-state index is 12.7. The zero-order valence-corrected chi connectivity index (χ0v) is 14.1. The van der Waals surface area contributed by atoms with Crippen LogP contribution in [0.25, 0.3) is 0 Å². The van der Waals surface area contributed by atoms with Crippen molar-refractivity contribution in [1.82, 2.24) is 4.31 Å². The van der Waals surface area contributed by atoms with Gasteiger partial charge in [0.2, 0.25) is 10.0 Å². The minimum absolute atomic E-state index is 0.244. The average Bonchev–Trinajstić information content (AvgIpc) is 2.78. The lowest BCUT2D eigenvalue weighted by molar-refractivity contribution is 0.253. The molecule has 2 unspecified atom stereocenters. The van der Waals surface area contributed by atoms with Gasteiger partial charge in [-0.15, -0.1) is 0 Å². The number of benzene rings is 1. The van der Waals surface area contributed by atoms with Crippen molar-refractivity contribution in [3.05, 3.63) is 35.9 Å². The van der Waals surface area contributed by atoms with Crippen LogP contribution in [-0.2, 0) is 16.4 Å². The molecule has 21 heavy (non-hydrogen) atoms. The fourth-order valence-electron chi connectivity index (χ4n) is 3.73. The summed E-state index contributed by atoms with van der Waals surface area (Å²) in [5.41, 5.74) is 1.10. The first kappa shape index (κ1) is 15.4. The first-order valence-corrected chi connectivity index (χ1v) is 10.6. The largest absolute Gasteiger partial charge is 0.214 e. The number of rotatable bonds is 5. The molecule has 3 nitrogen and oxygen atoms in total. The van der Waals surface area contributed by atoms with Crippen LogP contribution in [0.5, 0.6) is 0 Å². The lowest BCUT2D eigenvalue weighted by Gasteiger charge is -2.37. The lowest BCUT2D eigenvalue weighted by atomic mass is 10.1. The van der Waals surface area contributed by atoms with Crippen LogP contribution in [0.4, 0.5) is 0 Å². The van der Waals surface area contributed by atoms with Crippen LogP contribution in [-0.4, -0.2) is 42.1 Å². The molecule has 2 heterocycles. The topological polar surface area (TPSA) is 37.4 Å². The van der Waals surface area contributed by atoms with Gasteiger partial charge in [0.05, 0.1) is 5.75 Å². The summed E-state index contributed by atoms with van der Waals surface area (Å²) in [6.45, 7) is 0. The van der Waals surface area contributed by atoms with Gasteiger partial charge in [-0.1, -0.05) is 30.3 Å². The summed E-state index contributed by atoms with van der Waals surface area (Å²) in [7, 11) is -3.12. The number of nitrogens with zero attached hydrogens (tertiary/aromatic N) is 1. The minimum Gasteiger partial charge on any atom is -0.212 e. The van der Waals surface area contributed by atoms with Gasteiger partial charge in [0, 0.05) is 17.3 Å². The highest BCUT2D eigenvalue weighted by molar-refractivity contribution is 7.99. The molecule has 0 aliphatic carbocycles. The fourth-order valence-corrected chi connectivity index (χ4v) is 6.55. The van der Waals surface area contributed by atoms with Gasteiger partial charge >= 0.3 is 0 Å². The normalized spacial score (nSPS) is 29.7. The highest BCUT2D eigenvalue weighted by Crippen LogP contribution is 2.41. The molecule has 2 saturated heterocycles. The molecule has 5 heteroatoms. The molecule has 1 aromatic rings. The molecule has 0 saturated carbocycles. The van der Waals surface area contributed by atoms with E-state index in [0.29, 0.717) is 11.7 Å². The van der Waals surface area contributed by atoms with E-state index < -0.39 is 10.0 Å². The second kappa shape index (κ2) is 6.31. The van der Waals surface area contributed by atoms with Crippen LogP contribution >= 0.6 is 11.8 Å². The first-order chi connectivity index (χ1) is 10.1. The van der Waals surface area contributed by atoms with E-state index in [9.17, 15) is 8.42 Å². The molecule has 0 spiro atoms. The van der Waals surface area contributed by atoms with Gasteiger partial charge in [-0.25, -0.2) is 8.42 Å². The van der Waals surface area contributed by atoms with E-state index in [-0.39, 0.29) is 17.8 Å². The Morgan fingerprint density at radius 3 is 2.33 bits per heavy atom. The van der Waals surface area contributed by atoms with Crippen molar-refractivity contribution in [1.29, 1.82) is 0 Å². The van der Waals surface area contributed by atoms with Gasteiger partial charge in [-0.3, -0.25) is 0 Å². The van der Waals surface area contributed by atoms with Crippen LogP contribution in [0, 0.1) is 0 Å². The number of piperidine rings is 1. The van der Waals surface area contributed by atoms with E-state index in [4.69, 9.17) is 0 Å². The summed E-state index contributed by atoms with van der Waals surface area (Å²) in [4.78, 5) is 0. The molecule has 0 N–H and O–H groups in total. The van der Waals surface area contributed by atoms with Crippen LogP contribution in [0.15, 0.2) is 30.3 Å². The minimum atomic E-state index is -3.12. The smallest absolute Gasteiger partial charge is 0.212 e. The summed E-state index contributed by atoms with van der Waals surface area (Å²) in [6.07, 6.45) is 6.91. The zero-order valence-electron chi connectivity index (χ0n) is 12.4. The van der Waals surface area contributed by atoms with Crippen LogP contribution in [0.2, 0.25) is 0 Å². The SMILES string of the molecule is CSC1CC2CCC(C1)N2S(=O)(=O)CCc1ccccc1. The molecular weight excluding hydrogens is 302 g/mol. The summed E-state index contributed by atoms with van der Waals surface area (Å²) in [5, 5.41) is 0.642. The second-order valence-electron chi connectivity index (χ2n) is 6.10. The highest BCUT2D eigenvalue weighted by Gasteiger charge is 2.46. The van der Waals surface area contributed by atoms with E-state index >= 15 is 0 Å². The first-order valence-electron chi connectivity index (χ1n) is 7.68. The van der Waals surface area contributed by atoms with Gasteiger partial charge in [-0.05, 0) is 43.9 Å². The average molecular weight is 325 g/mol. The third kappa shape index (κ3) is 3.30. The molecule has 0 radical (unpaired) electrons. The number of hydrogen-bond acceptors (Lipinski definition) is 3. The Labute approximate surface area is 132 Å². The van der Waals surface area contributed by atoms with Crippen LogP contribution in [0.3, 0.4) is 0 Å². The van der Waals surface area contributed by atoms with Crippen molar-refractivity contribution in [2.45, 2.75) is 49.4 Å². The van der Waals surface area contributed by atoms with Crippen molar-refractivity contribution in [2.75, 3.05) is 12.0 Å². The van der Waals surface area contributed by atoms with Gasteiger partial charge < -0.3 is 0 Å². The monoisotopic (exact) mass is 325 g/mol. The predicted molar refractivity (Wildman–Crippen MR) is 89.1 cm³/mol. The Balaban J connectivity index is 1.68. The van der Waals surface area contributed by atoms with E-state index in [1.165, 1.54) is 0 Å². The molecule has 116 valence electrons. The van der Waals surface area contributed by atoms with Crippen molar-refractivity contribution in [2.24, 2.45) is 0 Å². The summed E-state index contributed by atoms with van der Waals surface area (Å²) < 4.78 is 27.3. The van der Waals surface area contributed by atoms with Crippen LogP contribution in [0.1, 0.15) is 31.2 Å². The van der Waals surface area contributed by atoms with Crippen molar-refractivity contribution in [3.63, 3.8) is 0 Å². The number of fused-ring (bicyclic) bond motifs is 2. The standard InChI is InChI=1S/C16H23NO2S2/c1-20-16-11-14-7-8-15(12-16)17(14)21(18,19)10-9-13-5-3-2-4-6-13/h2-6,14-16H,7-12H2,1H3. The summed E-state index contributed by atoms with van der Waals surface area (Å²) >= 11 is 1.89. The number of thioether (sulfide) groups is 1. The molecule has 1 aromatic carbocycles. The fraction of sp³-hybridized carbons (Fsp3) is 0.625. The quantitative estimate of drug-likeness (QED) is 0.835. The van der Waals surface area contributed by atoms with Crippen LogP contribution < -0.4 is 0 Å². The molecule has 3 rings (SSSR count). The van der Waals surface area contributed by atoms with Gasteiger partial charge in [-0.2, -0.15) is 16.1 Å². The van der Waals surface area contributed by atoms with Gasteiger partial charge in [0.25, 0.3) is 0 Å². The van der Waals surface area contributed by atoms with Crippen molar-refractivity contribution in [3.8, 4) is 0 Å². The Hall–Kier alpha value is -0.520. The number of hydrogen-bond donors (Lipinski definition) is 0. The predicted octanol–water partition coefficient (Wildman–Crippen LogP) is 2.92. The third-order valence-electron chi connectivity index (χ3n) is 4.77. The number of sulfonamides is 1. The summed E-state index contributed by atoms with van der Waals surface area (Å²) in [6, 6.07) is 10.4.